The summed E-state index contributed by atoms with van der Waals surface area (Å²) in [5, 5.41) is 3.36. The van der Waals surface area contributed by atoms with E-state index in [0.29, 0.717) is 35.3 Å². The highest BCUT2D eigenvalue weighted by molar-refractivity contribution is 9.10. The first kappa shape index (κ1) is 17.7. The lowest BCUT2D eigenvalue weighted by atomic mass is 9.81. The highest BCUT2D eigenvalue weighted by Crippen LogP contribution is 2.45. The number of hydrogen-bond donors (Lipinski definition) is 1. The molecule has 26 heavy (non-hydrogen) atoms. The van der Waals surface area contributed by atoms with Gasteiger partial charge >= 0.3 is 0 Å². The second-order valence-electron chi connectivity index (χ2n) is 6.31. The molecule has 1 amide bonds. The van der Waals surface area contributed by atoms with E-state index in [1.807, 2.05) is 18.2 Å². The monoisotopic (exact) mass is 434 g/mol. The van der Waals surface area contributed by atoms with Gasteiger partial charge in [-0.25, -0.2) is 9.38 Å². The Bertz CT molecular complexity index is 877. The summed E-state index contributed by atoms with van der Waals surface area (Å²) in [5.74, 6) is 0.237. The van der Waals surface area contributed by atoms with Crippen molar-refractivity contribution in [1.29, 1.82) is 0 Å². The lowest BCUT2D eigenvalue weighted by Gasteiger charge is -2.35. The van der Waals surface area contributed by atoms with E-state index < -0.39 is 5.54 Å². The Morgan fingerprint density at radius 2 is 2.12 bits per heavy atom. The third kappa shape index (κ3) is 3.19. The fourth-order valence-corrected chi connectivity index (χ4v) is 4.81. The molecule has 2 aromatic rings. The maximum absolute atomic E-state index is 14.6. The van der Waals surface area contributed by atoms with Gasteiger partial charge in [-0.15, -0.1) is 0 Å². The van der Waals surface area contributed by atoms with Crippen molar-refractivity contribution in [2.24, 2.45) is 10.9 Å². The van der Waals surface area contributed by atoms with Crippen LogP contribution in [-0.2, 0) is 10.3 Å². The van der Waals surface area contributed by atoms with Crippen LogP contribution in [0.4, 0.5) is 4.39 Å². The summed E-state index contributed by atoms with van der Waals surface area (Å²) in [6.45, 7) is 0.832. The van der Waals surface area contributed by atoms with Crippen molar-refractivity contribution < 1.29 is 13.9 Å². The van der Waals surface area contributed by atoms with Crippen LogP contribution in [0.1, 0.15) is 15.9 Å². The highest BCUT2D eigenvalue weighted by Gasteiger charge is 2.49. The molecule has 0 spiro atoms. The Morgan fingerprint density at radius 1 is 1.31 bits per heavy atom. The second-order valence-corrected chi connectivity index (χ2v) is 8.23. The van der Waals surface area contributed by atoms with Crippen LogP contribution in [0.15, 0.2) is 58.0 Å². The number of amides is 1. The number of fused-ring (bicyclic) bond motifs is 1. The molecule has 1 fully saturated rings. The summed E-state index contributed by atoms with van der Waals surface area (Å²) in [6, 6.07) is 13.8. The minimum atomic E-state index is -0.807. The minimum absolute atomic E-state index is 0.0636. The molecule has 0 aliphatic carbocycles. The number of rotatable bonds is 2. The summed E-state index contributed by atoms with van der Waals surface area (Å²) < 4.78 is 21.1. The number of carbonyl (C=O) groups excluding carboxylic acids is 1. The van der Waals surface area contributed by atoms with Gasteiger partial charge in [-0.1, -0.05) is 45.9 Å². The number of ether oxygens (including phenoxy) is 1. The summed E-state index contributed by atoms with van der Waals surface area (Å²) in [6.07, 6.45) is 0. The molecular formula is C19H16BrFN2O2S. The maximum atomic E-state index is 14.6. The van der Waals surface area contributed by atoms with Crippen molar-refractivity contribution in [2.75, 3.05) is 19.0 Å². The molecule has 1 N–H and O–H groups in total. The lowest BCUT2D eigenvalue weighted by Crippen LogP contribution is -2.42. The first-order valence-electron chi connectivity index (χ1n) is 8.21. The fraction of sp³-hybridized carbons (Fsp3) is 0.263. The molecule has 0 aromatic heterocycles. The molecule has 2 atom stereocenters. The van der Waals surface area contributed by atoms with E-state index in [2.05, 4.69) is 21.2 Å². The van der Waals surface area contributed by atoms with E-state index in [-0.39, 0.29) is 17.6 Å². The topological polar surface area (TPSA) is 50.7 Å². The van der Waals surface area contributed by atoms with Gasteiger partial charge in [0.25, 0.3) is 5.91 Å². The van der Waals surface area contributed by atoms with Gasteiger partial charge in [-0.3, -0.25) is 4.79 Å². The van der Waals surface area contributed by atoms with Crippen LogP contribution in [0.2, 0.25) is 0 Å². The molecule has 2 aromatic carbocycles. The molecule has 2 aliphatic rings. The van der Waals surface area contributed by atoms with Gasteiger partial charge in [0.05, 0.1) is 13.2 Å². The zero-order valence-electron chi connectivity index (χ0n) is 13.7. The van der Waals surface area contributed by atoms with Crippen molar-refractivity contribution in [3.05, 3.63) is 69.9 Å². The summed E-state index contributed by atoms with van der Waals surface area (Å²) in [7, 11) is 0. The largest absolute Gasteiger partial charge is 0.378 e. The van der Waals surface area contributed by atoms with Crippen molar-refractivity contribution in [2.45, 2.75) is 5.54 Å². The molecule has 134 valence electrons. The van der Waals surface area contributed by atoms with Crippen LogP contribution in [0, 0.1) is 11.7 Å². The molecule has 0 saturated carbocycles. The normalized spacial score (nSPS) is 24.7. The third-order valence-corrected chi connectivity index (χ3v) is 6.22. The zero-order chi connectivity index (χ0) is 18.1. The Hall–Kier alpha value is -1.70. The summed E-state index contributed by atoms with van der Waals surface area (Å²) in [4.78, 5) is 17.2. The molecule has 1 saturated heterocycles. The number of halogens is 2. The molecule has 4 rings (SSSR count). The van der Waals surface area contributed by atoms with Crippen LogP contribution in [0.25, 0.3) is 0 Å². The molecule has 2 aliphatic heterocycles. The number of nitrogens with one attached hydrogen (secondary N) is 1. The van der Waals surface area contributed by atoms with Gasteiger partial charge < -0.3 is 10.1 Å². The first-order chi connectivity index (χ1) is 12.6. The van der Waals surface area contributed by atoms with Gasteiger partial charge in [0.1, 0.15) is 11.4 Å². The highest BCUT2D eigenvalue weighted by atomic mass is 79.9. The predicted molar refractivity (Wildman–Crippen MR) is 104 cm³/mol. The fourth-order valence-electron chi connectivity index (χ4n) is 3.33. The molecule has 0 radical (unpaired) electrons. The average molecular weight is 435 g/mol. The van der Waals surface area contributed by atoms with E-state index in [1.54, 1.807) is 24.3 Å². The second kappa shape index (κ2) is 7.13. The number of thioether (sulfide) groups is 1. The smallest absolute Gasteiger partial charge is 0.257 e. The zero-order valence-corrected chi connectivity index (χ0v) is 16.1. The van der Waals surface area contributed by atoms with Crippen molar-refractivity contribution in [1.82, 2.24) is 5.32 Å². The maximum Gasteiger partial charge on any atom is 0.257 e. The van der Waals surface area contributed by atoms with Crippen molar-refractivity contribution in [3.63, 3.8) is 0 Å². The van der Waals surface area contributed by atoms with E-state index in [0.717, 1.165) is 4.47 Å². The van der Waals surface area contributed by atoms with Gasteiger partial charge in [-0.2, -0.15) is 0 Å². The van der Waals surface area contributed by atoms with Crippen LogP contribution < -0.4 is 5.32 Å². The van der Waals surface area contributed by atoms with Crippen molar-refractivity contribution in [3.8, 4) is 0 Å². The van der Waals surface area contributed by atoms with Gasteiger partial charge in [0, 0.05) is 27.3 Å². The third-order valence-electron chi connectivity index (χ3n) is 4.69. The summed E-state index contributed by atoms with van der Waals surface area (Å²) >= 11 is 4.88. The van der Waals surface area contributed by atoms with Gasteiger partial charge in [0.2, 0.25) is 0 Å². The molecule has 4 nitrogen and oxygen atoms in total. The lowest BCUT2D eigenvalue weighted by molar-refractivity contribution is 0.0977. The van der Waals surface area contributed by atoms with E-state index in [1.165, 1.54) is 17.8 Å². The van der Waals surface area contributed by atoms with Crippen LogP contribution >= 0.6 is 27.7 Å². The Kier molecular flexibility index (Phi) is 4.86. The Balaban J connectivity index is 1.69. The number of amidine groups is 1. The average Bonchev–Trinajstić information content (AvgIpc) is 3.08. The number of nitrogens with zero attached hydrogens (tertiary/aromatic N) is 1. The quantitative estimate of drug-likeness (QED) is 0.777. The van der Waals surface area contributed by atoms with Gasteiger partial charge in [-0.05, 0) is 30.3 Å². The summed E-state index contributed by atoms with van der Waals surface area (Å²) in [5.41, 5.74) is 0.253. The number of benzene rings is 2. The SMILES string of the molecule is O=C(NC1=N[C@]2(c3cc(Br)ccc3F)COC[C@@H]2CS1)c1ccccc1. The molecule has 0 bridgehead atoms. The molecule has 2 heterocycles. The Labute approximate surface area is 163 Å². The van der Waals surface area contributed by atoms with Crippen LogP contribution in [0.5, 0.6) is 0 Å². The number of aliphatic imine (C=N–C) groups is 1. The van der Waals surface area contributed by atoms with Crippen LogP contribution in [0.3, 0.4) is 0 Å². The standard InChI is InChI=1S/C19H16BrFN2O2S/c20-14-6-7-16(21)15(8-14)19-11-25-9-13(19)10-26-18(23-19)22-17(24)12-4-2-1-3-5-12/h1-8,13H,9-11H2,(H,22,23,24)/t13-,19-/m1/s1. The first-order valence-corrected chi connectivity index (χ1v) is 9.99. The minimum Gasteiger partial charge on any atom is -0.378 e. The van der Waals surface area contributed by atoms with E-state index >= 15 is 0 Å². The van der Waals surface area contributed by atoms with Crippen LogP contribution in [-0.4, -0.2) is 30.0 Å². The van der Waals surface area contributed by atoms with E-state index in [4.69, 9.17) is 9.73 Å². The van der Waals surface area contributed by atoms with Gasteiger partial charge in [0.15, 0.2) is 5.17 Å². The molecular weight excluding hydrogens is 419 g/mol. The predicted octanol–water partition coefficient (Wildman–Crippen LogP) is 3.96. The Morgan fingerprint density at radius 3 is 2.92 bits per heavy atom. The van der Waals surface area contributed by atoms with E-state index in [9.17, 15) is 9.18 Å². The molecule has 0 unspecified atom stereocenters. The number of hydrogen-bond acceptors (Lipinski definition) is 4. The molecule has 7 heteroatoms. The number of carbonyl (C=O) groups is 1. The van der Waals surface area contributed by atoms with Crippen molar-refractivity contribution >= 4 is 38.8 Å².